The molecule has 0 aromatic carbocycles. The zero-order chi connectivity index (χ0) is 17.0. The fourth-order valence-electron chi connectivity index (χ4n) is 2.62. The van der Waals surface area contributed by atoms with Crippen LogP contribution in [0.15, 0.2) is 12.3 Å². The van der Waals surface area contributed by atoms with Crippen molar-refractivity contribution in [3.05, 3.63) is 22.8 Å². The van der Waals surface area contributed by atoms with Gasteiger partial charge in [0.15, 0.2) is 9.84 Å². The van der Waals surface area contributed by atoms with Gasteiger partial charge in [0.1, 0.15) is 5.02 Å². The summed E-state index contributed by atoms with van der Waals surface area (Å²) in [4.78, 5) is 18.2. The minimum Gasteiger partial charge on any atom is -0.477 e. The number of nitrogens with zero attached hydrogens (tertiary/aromatic N) is 2. The van der Waals surface area contributed by atoms with Gasteiger partial charge in [-0.05, 0) is 25.8 Å². The van der Waals surface area contributed by atoms with E-state index >= 15 is 0 Å². The summed E-state index contributed by atoms with van der Waals surface area (Å²) in [6, 6.07) is 1.54. The number of piperidine rings is 1. The number of carbonyl (C=O) groups is 1. The Morgan fingerprint density at radius 1 is 1.39 bits per heavy atom. The van der Waals surface area contributed by atoms with Gasteiger partial charge in [-0.3, -0.25) is 4.79 Å². The lowest BCUT2D eigenvalue weighted by molar-refractivity contribution is 0.0725. The molecule has 0 bridgehead atoms. The summed E-state index contributed by atoms with van der Waals surface area (Å²) in [5.74, 6) is 0.262. The molecule has 1 fully saturated rings. The van der Waals surface area contributed by atoms with Crippen molar-refractivity contribution in [1.82, 2.24) is 9.88 Å². The van der Waals surface area contributed by atoms with Gasteiger partial charge in [-0.25, -0.2) is 13.4 Å². The summed E-state index contributed by atoms with van der Waals surface area (Å²) in [5.41, 5.74) is 0.384. The topological polar surface area (TPSA) is 76.6 Å². The van der Waals surface area contributed by atoms with E-state index in [0.29, 0.717) is 49.0 Å². The van der Waals surface area contributed by atoms with Gasteiger partial charge in [-0.2, -0.15) is 0 Å². The highest BCUT2D eigenvalue weighted by atomic mass is 35.5. The minimum absolute atomic E-state index is 0.143. The van der Waals surface area contributed by atoms with Crippen LogP contribution in [0.25, 0.3) is 0 Å². The normalized spacial score (nSPS) is 16.4. The Labute approximate surface area is 141 Å². The lowest BCUT2D eigenvalue weighted by Crippen LogP contribution is -2.42. The van der Waals surface area contributed by atoms with Gasteiger partial charge < -0.3 is 9.64 Å². The molecule has 1 aromatic heterocycles. The molecule has 0 N–H and O–H groups in total. The minimum atomic E-state index is -3.04. The van der Waals surface area contributed by atoms with Gasteiger partial charge >= 0.3 is 0 Å². The van der Waals surface area contributed by atoms with Gasteiger partial charge in [0.05, 0.1) is 17.4 Å². The Morgan fingerprint density at radius 2 is 2.04 bits per heavy atom. The molecule has 1 aliphatic heterocycles. The van der Waals surface area contributed by atoms with Gasteiger partial charge in [-0.15, -0.1) is 0 Å². The Balaban J connectivity index is 2.04. The van der Waals surface area contributed by atoms with E-state index in [2.05, 4.69) is 4.98 Å². The fraction of sp³-hybridized carbons (Fsp3) is 0.600. The number of rotatable bonds is 5. The van der Waals surface area contributed by atoms with Crippen LogP contribution < -0.4 is 4.74 Å². The van der Waals surface area contributed by atoms with E-state index in [4.69, 9.17) is 16.3 Å². The van der Waals surface area contributed by atoms with E-state index in [-0.39, 0.29) is 16.9 Å². The molecule has 1 amide bonds. The number of halogens is 1. The number of hydrogen-bond donors (Lipinski definition) is 0. The number of sulfone groups is 1. The van der Waals surface area contributed by atoms with Crippen LogP contribution in [0.4, 0.5) is 0 Å². The Hall–Kier alpha value is -1.34. The highest BCUT2D eigenvalue weighted by molar-refractivity contribution is 7.92. The Bertz CT molecular complexity index is 670. The van der Waals surface area contributed by atoms with E-state index in [1.54, 1.807) is 11.8 Å². The molecule has 1 aliphatic rings. The second kappa shape index (κ2) is 7.49. The molecule has 1 aromatic rings. The van der Waals surface area contributed by atoms with E-state index < -0.39 is 9.84 Å². The summed E-state index contributed by atoms with van der Waals surface area (Å²) in [6.45, 7) is 4.77. The first-order chi connectivity index (χ1) is 10.9. The molecule has 6 nitrogen and oxygen atoms in total. The van der Waals surface area contributed by atoms with Crippen LogP contribution in [0.2, 0.25) is 5.02 Å². The molecule has 0 atom stereocenters. The third-order valence-electron chi connectivity index (χ3n) is 3.97. The maximum Gasteiger partial charge on any atom is 0.255 e. The summed E-state index contributed by atoms with van der Waals surface area (Å²) in [6.07, 6.45) is 2.38. The third-order valence-corrected chi connectivity index (χ3v) is 6.54. The number of carbonyl (C=O) groups excluding carboxylic acids is 1. The van der Waals surface area contributed by atoms with Crippen LogP contribution >= 0.6 is 11.6 Å². The molecule has 0 spiro atoms. The van der Waals surface area contributed by atoms with Gasteiger partial charge in [0.25, 0.3) is 5.91 Å². The van der Waals surface area contributed by atoms with Crippen molar-refractivity contribution in [2.75, 3.05) is 25.4 Å². The van der Waals surface area contributed by atoms with Crippen molar-refractivity contribution in [3.8, 4) is 5.88 Å². The molecule has 8 heteroatoms. The van der Waals surface area contributed by atoms with Gasteiger partial charge in [0.2, 0.25) is 5.88 Å². The molecule has 1 saturated heterocycles. The fourth-order valence-corrected chi connectivity index (χ4v) is 4.24. The maximum absolute atomic E-state index is 12.5. The average molecular weight is 361 g/mol. The molecule has 0 saturated carbocycles. The molecule has 2 heterocycles. The molecule has 128 valence electrons. The van der Waals surface area contributed by atoms with Crippen molar-refractivity contribution in [1.29, 1.82) is 0 Å². The van der Waals surface area contributed by atoms with E-state index in [1.807, 2.05) is 6.92 Å². The Kier molecular flexibility index (Phi) is 5.86. The predicted octanol–water partition coefficient (Wildman–Crippen LogP) is 2.17. The smallest absolute Gasteiger partial charge is 0.255 e. The summed E-state index contributed by atoms with van der Waals surface area (Å²) >= 11 is 6.06. The zero-order valence-electron chi connectivity index (χ0n) is 13.3. The van der Waals surface area contributed by atoms with Crippen molar-refractivity contribution >= 4 is 27.3 Å². The van der Waals surface area contributed by atoms with Crippen LogP contribution in [-0.4, -0.2) is 54.9 Å². The highest BCUT2D eigenvalue weighted by Crippen LogP contribution is 2.24. The van der Waals surface area contributed by atoms with Crippen LogP contribution in [0.3, 0.4) is 0 Å². The largest absolute Gasteiger partial charge is 0.477 e. The first kappa shape index (κ1) is 18.0. The first-order valence-electron chi connectivity index (χ1n) is 7.68. The van der Waals surface area contributed by atoms with E-state index in [9.17, 15) is 13.2 Å². The SMILES string of the molecule is CCOc1ncc(C(=O)N2CCC(S(=O)(=O)CC)CC2)cc1Cl. The number of ether oxygens (including phenoxy) is 1. The molecular formula is C15H21ClN2O4S. The van der Waals surface area contributed by atoms with Crippen LogP contribution in [0, 0.1) is 0 Å². The van der Waals surface area contributed by atoms with Crippen LogP contribution in [0.1, 0.15) is 37.0 Å². The van der Waals surface area contributed by atoms with Crippen LogP contribution in [0.5, 0.6) is 5.88 Å². The number of amides is 1. The summed E-state index contributed by atoms with van der Waals surface area (Å²) in [7, 11) is -3.04. The van der Waals surface area contributed by atoms with Crippen molar-refractivity contribution in [3.63, 3.8) is 0 Å². The zero-order valence-corrected chi connectivity index (χ0v) is 14.9. The second-order valence-corrected chi connectivity index (χ2v) is 8.36. The van der Waals surface area contributed by atoms with E-state index in [1.165, 1.54) is 12.3 Å². The third kappa shape index (κ3) is 4.14. The highest BCUT2D eigenvalue weighted by Gasteiger charge is 2.30. The molecular weight excluding hydrogens is 340 g/mol. The van der Waals surface area contributed by atoms with Crippen molar-refractivity contribution < 1.29 is 17.9 Å². The van der Waals surface area contributed by atoms with Gasteiger partial charge in [0, 0.05) is 25.0 Å². The standard InChI is InChI=1S/C15H21ClN2O4S/c1-3-22-14-13(16)9-11(10-17-14)15(19)18-7-5-12(6-8-18)23(20,21)4-2/h9-10,12H,3-8H2,1-2H3. The molecule has 0 aliphatic carbocycles. The predicted molar refractivity (Wildman–Crippen MR) is 88.8 cm³/mol. The van der Waals surface area contributed by atoms with Crippen LogP contribution in [-0.2, 0) is 9.84 Å². The quantitative estimate of drug-likeness (QED) is 0.804. The van der Waals surface area contributed by atoms with Gasteiger partial charge in [-0.1, -0.05) is 18.5 Å². The van der Waals surface area contributed by atoms with E-state index in [0.717, 1.165) is 0 Å². The van der Waals surface area contributed by atoms with Crippen molar-refractivity contribution in [2.45, 2.75) is 31.9 Å². The molecule has 2 rings (SSSR count). The number of pyridine rings is 1. The monoisotopic (exact) mass is 360 g/mol. The number of likely N-dealkylation sites (tertiary alicyclic amines) is 1. The summed E-state index contributed by atoms with van der Waals surface area (Å²) in [5, 5.41) is -0.0558. The molecule has 0 radical (unpaired) electrons. The first-order valence-corrected chi connectivity index (χ1v) is 9.77. The molecule has 23 heavy (non-hydrogen) atoms. The lowest BCUT2D eigenvalue weighted by Gasteiger charge is -2.31. The molecule has 0 unspecified atom stereocenters. The lowest BCUT2D eigenvalue weighted by atomic mass is 10.1. The number of aromatic nitrogens is 1. The maximum atomic E-state index is 12.5. The number of hydrogen-bond acceptors (Lipinski definition) is 5. The van der Waals surface area contributed by atoms with Crippen molar-refractivity contribution in [2.24, 2.45) is 0 Å². The average Bonchev–Trinajstić information content (AvgIpc) is 2.56. The Morgan fingerprint density at radius 3 is 2.57 bits per heavy atom. The summed E-state index contributed by atoms with van der Waals surface area (Å²) < 4.78 is 29.0. The second-order valence-electron chi connectivity index (χ2n) is 5.39.